The molecule has 0 radical (unpaired) electrons. The van der Waals surface area contributed by atoms with Crippen molar-refractivity contribution in [3.8, 4) is 0 Å². The van der Waals surface area contributed by atoms with Gasteiger partial charge in [-0.2, -0.15) is 0 Å². The summed E-state index contributed by atoms with van der Waals surface area (Å²) in [6.45, 7) is 2.73. The maximum absolute atomic E-state index is 12.2. The topological polar surface area (TPSA) is 83.6 Å². The largest absolute Gasteiger partial charge is 0.480 e. The molecular weight excluding hydrogens is 220 g/mol. The van der Waals surface area contributed by atoms with Gasteiger partial charge in [0, 0.05) is 19.0 Å². The number of hydrogen-bond donors (Lipinski definition) is 2. The Morgan fingerprint density at radius 2 is 2.12 bits per heavy atom. The first-order chi connectivity index (χ1) is 7.94. The number of rotatable bonds is 2. The third kappa shape index (κ3) is 2.16. The first kappa shape index (κ1) is 12.4. The van der Waals surface area contributed by atoms with Crippen LogP contribution in [0.25, 0.3) is 0 Å². The molecule has 1 aliphatic carbocycles. The molecule has 0 aromatic carbocycles. The number of carboxylic acids is 1. The molecule has 3 N–H and O–H groups in total. The van der Waals surface area contributed by atoms with Crippen LogP contribution in [-0.2, 0) is 9.59 Å². The van der Waals surface area contributed by atoms with Crippen molar-refractivity contribution in [2.24, 2.45) is 17.6 Å². The van der Waals surface area contributed by atoms with Gasteiger partial charge in [-0.3, -0.25) is 9.59 Å². The summed E-state index contributed by atoms with van der Waals surface area (Å²) in [5.74, 6) is -0.415. The number of hydrogen-bond acceptors (Lipinski definition) is 3. The Balaban J connectivity index is 2.01. The van der Waals surface area contributed by atoms with E-state index in [2.05, 4.69) is 6.92 Å². The minimum Gasteiger partial charge on any atom is -0.480 e. The quantitative estimate of drug-likeness (QED) is 0.733. The van der Waals surface area contributed by atoms with Gasteiger partial charge >= 0.3 is 5.97 Å². The Kier molecular flexibility index (Phi) is 3.12. The summed E-state index contributed by atoms with van der Waals surface area (Å²) < 4.78 is 0. The third-order valence-corrected chi connectivity index (χ3v) is 4.22. The van der Waals surface area contributed by atoms with E-state index in [0.717, 1.165) is 19.3 Å². The van der Waals surface area contributed by atoms with Crippen LogP contribution in [0, 0.1) is 11.8 Å². The predicted octanol–water partition coefficient (Wildman–Crippen LogP) is 0.437. The van der Waals surface area contributed by atoms with E-state index in [1.807, 2.05) is 0 Å². The smallest absolute Gasteiger partial charge is 0.325 e. The molecule has 2 aliphatic rings. The second-order valence-electron chi connectivity index (χ2n) is 5.49. The van der Waals surface area contributed by atoms with Crippen molar-refractivity contribution in [1.82, 2.24) is 4.90 Å². The van der Waals surface area contributed by atoms with Crippen molar-refractivity contribution < 1.29 is 14.7 Å². The van der Waals surface area contributed by atoms with Crippen LogP contribution in [0.2, 0.25) is 0 Å². The van der Waals surface area contributed by atoms with Crippen molar-refractivity contribution in [1.29, 1.82) is 0 Å². The normalized spacial score (nSPS) is 37.4. The van der Waals surface area contributed by atoms with Crippen LogP contribution in [0.15, 0.2) is 0 Å². The highest BCUT2D eigenvalue weighted by atomic mass is 16.4. The fourth-order valence-electron chi connectivity index (χ4n) is 2.94. The van der Waals surface area contributed by atoms with Gasteiger partial charge in [-0.05, 0) is 25.2 Å². The van der Waals surface area contributed by atoms with Crippen molar-refractivity contribution in [2.75, 3.05) is 13.1 Å². The average molecular weight is 240 g/mol. The summed E-state index contributed by atoms with van der Waals surface area (Å²) in [5.41, 5.74) is 4.53. The van der Waals surface area contributed by atoms with Gasteiger partial charge in [-0.25, -0.2) is 0 Å². The summed E-state index contributed by atoms with van der Waals surface area (Å²) >= 11 is 0. The minimum atomic E-state index is -1.24. The molecule has 96 valence electrons. The zero-order valence-electron chi connectivity index (χ0n) is 10.2. The first-order valence-electron chi connectivity index (χ1n) is 6.25. The molecule has 1 heterocycles. The van der Waals surface area contributed by atoms with Gasteiger partial charge in [0.25, 0.3) is 0 Å². The Morgan fingerprint density at radius 1 is 1.41 bits per heavy atom. The zero-order valence-corrected chi connectivity index (χ0v) is 10.2. The van der Waals surface area contributed by atoms with Crippen LogP contribution in [0.3, 0.4) is 0 Å². The molecule has 5 nitrogen and oxygen atoms in total. The summed E-state index contributed by atoms with van der Waals surface area (Å²) in [6.07, 6.45) is 3.48. The Morgan fingerprint density at radius 3 is 2.59 bits per heavy atom. The number of likely N-dealkylation sites (tertiary alicyclic amines) is 1. The van der Waals surface area contributed by atoms with Crippen LogP contribution < -0.4 is 5.73 Å². The van der Waals surface area contributed by atoms with Crippen molar-refractivity contribution in [3.63, 3.8) is 0 Å². The van der Waals surface area contributed by atoms with Gasteiger partial charge in [0.1, 0.15) is 5.54 Å². The van der Waals surface area contributed by atoms with E-state index < -0.39 is 11.5 Å². The summed E-state index contributed by atoms with van der Waals surface area (Å²) in [5, 5.41) is 9.03. The highest BCUT2D eigenvalue weighted by Gasteiger charge is 2.45. The van der Waals surface area contributed by atoms with Gasteiger partial charge in [-0.15, -0.1) is 0 Å². The van der Waals surface area contributed by atoms with Gasteiger partial charge in [0.2, 0.25) is 5.91 Å². The van der Waals surface area contributed by atoms with Gasteiger partial charge in [0.15, 0.2) is 0 Å². The number of carbonyl (C=O) groups is 2. The molecule has 1 saturated heterocycles. The van der Waals surface area contributed by atoms with E-state index in [4.69, 9.17) is 10.8 Å². The lowest BCUT2D eigenvalue weighted by Crippen LogP contribution is -2.51. The molecule has 2 fully saturated rings. The molecule has 17 heavy (non-hydrogen) atoms. The molecule has 1 amide bonds. The van der Waals surface area contributed by atoms with Gasteiger partial charge < -0.3 is 15.7 Å². The highest BCUT2D eigenvalue weighted by Crippen LogP contribution is 2.34. The molecule has 0 aromatic heterocycles. The molecule has 0 aromatic rings. The molecule has 1 aliphatic heterocycles. The van der Waals surface area contributed by atoms with Crippen LogP contribution in [0.1, 0.15) is 32.6 Å². The molecule has 3 unspecified atom stereocenters. The van der Waals surface area contributed by atoms with Crippen LogP contribution in [0.5, 0.6) is 0 Å². The SMILES string of the molecule is CC1CCCC1C(=O)N1CCC(N)(C(=O)O)C1. The molecule has 0 spiro atoms. The molecule has 5 heteroatoms. The Hall–Kier alpha value is -1.10. The number of aliphatic carboxylic acids is 1. The van der Waals surface area contributed by atoms with Gasteiger partial charge in [-0.1, -0.05) is 13.3 Å². The maximum atomic E-state index is 12.2. The van der Waals surface area contributed by atoms with E-state index in [1.165, 1.54) is 0 Å². The van der Waals surface area contributed by atoms with Crippen molar-refractivity contribution in [2.45, 2.75) is 38.1 Å². The number of amides is 1. The van der Waals surface area contributed by atoms with Gasteiger partial charge in [0.05, 0.1) is 0 Å². The number of carbonyl (C=O) groups excluding carboxylic acids is 1. The molecule has 1 saturated carbocycles. The first-order valence-corrected chi connectivity index (χ1v) is 6.25. The van der Waals surface area contributed by atoms with E-state index in [1.54, 1.807) is 4.90 Å². The second-order valence-corrected chi connectivity index (χ2v) is 5.49. The van der Waals surface area contributed by atoms with Crippen LogP contribution >= 0.6 is 0 Å². The summed E-state index contributed by atoms with van der Waals surface area (Å²) in [4.78, 5) is 24.9. The molecule has 2 rings (SSSR count). The second kappa shape index (κ2) is 4.29. The number of carboxylic acid groups (broad SMARTS) is 1. The highest BCUT2D eigenvalue weighted by molar-refractivity contribution is 5.84. The monoisotopic (exact) mass is 240 g/mol. The maximum Gasteiger partial charge on any atom is 0.325 e. The van der Waals surface area contributed by atoms with E-state index in [-0.39, 0.29) is 18.4 Å². The number of nitrogens with zero attached hydrogens (tertiary/aromatic N) is 1. The predicted molar refractivity (Wildman–Crippen MR) is 62.3 cm³/mol. The van der Waals surface area contributed by atoms with E-state index >= 15 is 0 Å². The summed E-state index contributed by atoms with van der Waals surface area (Å²) in [6, 6.07) is 0. The van der Waals surface area contributed by atoms with E-state index in [0.29, 0.717) is 18.9 Å². The zero-order chi connectivity index (χ0) is 12.6. The minimum absolute atomic E-state index is 0.0751. The fraction of sp³-hybridized carbons (Fsp3) is 0.833. The average Bonchev–Trinajstić information content (AvgIpc) is 2.85. The molecular formula is C12H20N2O3. The number of nitrogens with two attached hydrogens (primary N) is 1. The van der Waals surface area contributed by atoms with Crippen LogP contribution in [0.4, 0.5) is 0 Å². The van der Waals surface area contributed by atoms with Crippen molar-refractivity contribution in [3.05, 3.63) is 0 Å². The summed E-state index contributed by atoms with van der Waals surface area (Å²) in [7, 11) is 0. The molecule has 0 bridgehead atoms. The Bertz CT molecular complexity index is 345. The fourth-order valence-corrected chi connectivity index (χ4v) is 2.94. The lowest BCUT2D eigenvalue weighted by molar-refractivity contribution is -0.143. The standard InChI is InChI=1S/C12H20N2O3/c1-8-3-2-4-9(8)10(15)14-6-5-12(13,7-14)11(16)17/h8-9H,2-7,13H2,1H3,(H,16,17). The van der Waals surface area contributed by atoms with E-state index in [9.17, 15) is 9.59 Å². The van der Waals surface area contributed by atoms with Crippen LogP contribution in [-0.4, -0.2) is 40.5 Å². The lowest BCUT2D eigenvalue weighted by atomic mass is 9.96. The van der Waals surface area contributed by atoms with Crippen molar-refractivity contribution >= 4 is 11.9 Å². The third-order valence-electron chi connectivity index (χ3n) is 4.22. The molecule has 3 atom stereocenters. The Labute approximate surface area is 101 Å². The lowest BCUT2D eigenvalue weighted by Gasteiger charge is -2.24.